The van der Waals surface area contributed by atoms with Crippen molar-refractivity contribution in [3.05, 3.63) is 24.4 Å². The largest absolute Gasteiger partial charge is 0.354 e. The number of pyridine rings is 1. The Labute approximate surface area is 144 Å². The van der Waals surface area contributed by atoms with Crippen LogP contribution < -0.4 is 10.2 Å². The molecule has 6 nitrogen and oxygen atoms in total. The summed E-state index contributed by atoms with van der Waals surface area (Å²) < 4.78 is 0. The van der Waals surface area contributed by atoms with E-state index in [9.17, 15) is 10.1 Å². The second-order valence-corrected chi connectivity index (χ2v) is 6.85. The van der Waals surface area contributed by atoms with Gasteiger partial charge in [-0.3, -0.25) is 9.69 Å². The lowest BCUT2D eigenvalue weighted by Gasteiger charge is -2.39. The van der Waals surface area contributed by atoms with Gasteiger partial charge in [0.15, 0.2) is 0 Å². The van der Waals surface area contributed by atoms with Gasteiger partial charge in [-0.1, -0.05) is 19.9 Å². The maximum atomic E-state index is 12.5. The van der Waals surface area contributed by atoms with Crippen molar-refractivity contribution < 1.29 is 4.79 Å². The lowest BCUT2D eigenvalue weighted by atomic mass is 9.89. The molecule has 2 atom stereocenters. The highest BCUT2D eigenvalue weighted by atomic mass is 16.2. The fraction of sp³-hybridized carbons (Fsp3) is 0.611. The molecule has 130 valence electrons. The van der Waals surface area contributed by atoms with Crippen molar-refractivity contribution in [2.75, 3.05) is 31.1 Å². The van der Waals surface area contributed by atoms with Gasteiger partial charge in [-0.05, 0) is 31.9 Å². The number of nitrogens with zero attached hydrogens (tertiary/aromatic N) is 4. The van der Waals surface area contributed by atoms with E-state index in [2.05, 4.69) is 26.2 Å². The van der Waals surface area contributed by atoms with Gasteiger partial charge in [-0.15, -0.1) is 0 Å². The van der Waals surface area contributed by atoms with E-state index in [1.165, 1.54) is 0 Å². The average molecular weight is 329 g/mol. The molecule has 0 unspecified atom stereocenters. The van der Waals surface area contributed by atoms with Gasteiger partial charge in [0, 0.05) is 32.4 Å². The van der Waals surface area contributed by atoms with Crippen molar-refractivity contribution in [2.24, 2.45) is 5.92 Å². The van der Waals surface area contributed by atoms with Crippen LogP contribution in [0, 0.1) is 17.2 Å². The van der Waals surface area contributed by atoms with Crippen LogP contribution in [0.1, 0.15) is 27.7 Å². The molecule has 1 N–H and O–H groups in total. The normalized spacial score (nSPS) is 19.4. The number of carbonyl (C=O) groups excluding carboxylic acids is 1. The van der Waals surface area contributed by atoms with E-state index in [1.54, 1.807) is 13.1 Å². The molecule has 6 heteroatoms. The summed E-state index contributed by atoms with van der Waals surface area (Å²) in [5.41, 5.74) is -0.832. The minimum atomic E-state index is -0.832. The zero-order valence-electron chi connectivity index (χ0n) is 15.0. The summed E-state index contributed by atoms with van der Waals surface area (Å²) in [7, 11) is 0. The molecule has 0 aliphatic carbocycles. The van der Waals surface area contributed by atoms with Crippen LogP contribution in [0.5, 0.6) is 0 Å². The number of hydrogen-bond acceptors (Lipinski definition) is 5. The third kappa shape index (κ3) is 4.04. The molecule has 24 heavy (non-hydrogen) atoms. The fourth-order valence-electron chi connectivity index (χ4n) is 2.71. The molecule has 1 saturated heterocycles. The molecule has 0 radical (unpaired) electrons. The molecule has 1 amide bonds. The molecule has 1 aliphatic rings. The summed E-state index contributed by atoms with van der Waals surface area (Å²) in [6.45, 7) is 10.9. The topological polar surface area (TPSA) is 72.3 Å². The summed E-state index contributed by atoms with van der Waals surface area (Å²) in [4.78, 5) is 21.3. The van der Waals surface area contributed by atoms with Crippen LogP contribution in [-0.2, 0) is 4.79 Å². The van der Waals surface area contributed by atoms with Crippen molar-refractivity contribution in [3.8, 4) is 6.07 Å². The summed E-state index contributed by atoms with van der Waals surface area (Å²) in [6.07, 6.45) is 1.80. The molecule has 0 spiro atoms. The summed E-state index contributed by atoms with van der Waals surface area (Å²) >= 11 is 0. The van der Waals surface area contributed by atoms with Gasteiger partial charge in [0.1, 0.15) is 11.4 Å². The molecule has 0 bridgehead atoms. The molecule has 1 aromatic heterocycles. The number of hydrogen-bond donors (Lipinski definition) is 1. The molecule has 1 aromatic rings. The van der Waals surface area contributed by atoms with Crippen LogP contribution in [0.4, 0.5) is 5.82 Å². The number of anilines is 1. The van der Waals surface area contributed by atoms with Crippen molar-refractivity contribution in [2.45, 2.75) is 39.3 Å². The highest BCUT2D eigenvalue weighted by Gasteiger charge is 2.34. The van der Waals surface area contributed by atoms with Gasteiger partial charge >= 0.3 is 0 Å². The molecule has 0 saturated carbocycles. The van der Waals surface area contributed by atoms with Gasteiger partial charge in [0.2, 0.25) is 5.91 Å². The molecular weight excluding hydrogens is 302 g/mol. The minimum absolute atomic E-state index is 0.0552. The Balaban J connectivity index is 1.92. The van der Waals surface area contributed by atoms with Gasteiger partial charge in [-0.2, -0.15) is 5.26 Å². The lowest BCUT2D eigenvalue weighted by Crippen LogP contribution is -2.58. The first-order valence-corrected chi connectivity index (χ1v) is 8.50. The molecule has 2 rings (SSSR count). The van der Waals surface area contributed by atoms with E-state index in [-0.39, 0.29) is 17.9 Å². The third-order valence-corrected chi connectivity index (χ3v) is 4.98. The first-order chi connectivity index (χ1) is 11.4. The van der Waals surface area contributed by atoms with Crippen molar-refractivity contribution >= 4 is 11.7 Å². The number of nitrogens with one attached hydrogen (secondary N) is 1. The van der Waals surface area contributed by atoms with Crippen LogP contribution in [-0.4, -0.2) is 53.6 Å². The van der Waals surface area contributed by atoms with E-state index in [0.29, 0.717) is 0 Å². The highest BCUT2D eigenvalue weighted by molar-refractivity contribution is 5.82. The van der Waals surface area contributed by atoms with Crippen LogP contribution in [0.3, 0.4) is 0 Å². The van der Waals surface area contributed by atoms with E-state index in [4.69, 9.17) is 0 Å². The summed E-state index contributed by atoms with van der Waals surface area (Å²) in [5.74, 6) is 0.949. The second-order valence-electron chi connectivity index (χ2n) is 6.85. The van der Waals surface area contributed by atoms with Crippen molar-refractivity contribution in [1.82, 2.24) is 15.2 Å². The Hall–Kier alpha value is -2.13. The number of nitriles is 1. The molecule has 1 fully saturated rings. The smallest absolute Gasteiger partial charge is 0.238 e. The van der Waals surface area contributed by atoms with Gasteiger partial charge in [0.05, 0.1) is 12.1 Å². The van der Waals surface area contributed by atoms with E-state index in [1.807, 2.05) is 39.0 Å². The van der Waals surface area contributed by atoms with Gasteiger partial charge in [0.25, 0.3) is 0 Å². The van der Waals surface area contributed by atoms with E-state index < -0.39 is 5.54 Å². The average Bonchev–Trinajstić information content (AvgIpc) is 2.61. The zero-order chi connectivity index (χ0) is 17.7. The Morgan fingerprint density at radius 2 is 1.96 bits per heavy atom. The van der Waals surface area contributed by atoms with Crippen LogP contribution >= 0.6 is 0 Å². The van der Waals surface area contributed by atoms with Crippen LogP contribution in [0.2, 0.25) is 0 Å². The first-order valence-electron chi connectivity index (χ1n) is 8.50. The quantitative estimate of drug-likeness (QED) is 0.889. The molecular formula is C18H27N5O. The van der Waals surface area contributed by atoms with Crippen molar-refractivity contribution in [1.29, 1.82) is 5.26 Å². The summed E-state index contributed by atoms with van der Waals surface area (Å²) in [6, 6.07) is 7.88. The Kier molecular flexibility index (Phi) is 5.79. The maximum absolute atomic E-state index is 12.5. The minimum Gasteiger partial charge on any atom is -0.354 e. The van der Waals surface area contributed by atoms with Crippen LogP contribution in [0.15, 0.2) is 24.4 Å². The van der Waals surface area contributed by atoms with Gasteiger partial charge in [-0.25, -0.2) is 4.98 Å². The number of rotatable bonds is 5. The number of piperazine rings is 1. The fourth-order valence-corrected chi connectivity index (χ4v) is 2.71. The molecule has 1 aliphatic heterocycles. The Morgan fingerprint density at radius 3 is 2.46 bits per heavy atom. The predicted molar refractivity (Wildman–Crippen MR) is 94.5 cm³/mol. The number of carbonyl (C=O) groups is 1. The zero-order valence-corrected chi connectivity index (χ0v) is 15.0. The van der Waals surface area contributed by atoms with Crippen molar-refractivity contribution in [3.63, 3.8) is 0 Å². The third-order valence-electron chi connectivity index (χ3n) is 4.98. The van der Waals surface area contributed by atoms with E-state index >= 15 is 0 Å². The summed E-state index contributed by atoms with van der Waals surface area (Å²) in [5, 5.41) is 12.3. The van der Waals surface area contributed by atoms with Crippen LogP contribution in [0.25, 0.3) is 0 Å². The maximum Gasteiger partial charge on any atom is 0.238 e. The number of amides is 1. The SMILES string of the molecule is CC(C)[C@](C)(C#N)NC(=O)[C@@H](C)N1CCN(c2ccccn2)CC1. The monoisotopic (exact) mass is 329 g/mol. The van der Waals surface area contributed by atoms with E-state index in [0.717, 1.165) is 32.0 Å². The Morgan fingerprint density at radius 1 is 1.29 bits per heavy atom. The first kappa shape index (κ1) is 18.2. The lowest BCUT2D eigenvalue weighted by molar-refractivity contribution is -0.127. The highest BCUT2D eigenvalue weighted by Crippen LogP contribution is 2.17. The molecule has 2 heterocycles. The Bertz CT molecular complexity index is 589. The molecule has 0 aromatic carbocycles. The number of aromatic nitrogens is 1. The predicted octanol–water partition coefficient (Wildman–Crippen LogP) is 1.65. The second kappa shape index (κ2) is 7.63. The standard InChI is InChI=1S/C18H27N5O/c1-14(2)18(4,13-19)21-17(24)15(3)22-9-11-23(12-10-22)16-7-5-6-8-20-16/h5-8,14-15H,9-12H2,1-4H3,(H,21,24)/t15-,18+/m1/s1. The van der Waals surface area contributed by atoms with Gasteiger partial charge < -0.3 is 10.2 Å².